The maximum atomic E-state index is 13.3. The minimum Gasteiger partial charge on any atom is -0.490 e. The van der Waals surface area contributed by atoms with Gasteiger partial charge in [0, 0.05) is 5.56 Å². The highest BCUT2D eigenvalue weighted by Crippen LogP contribution is 2.35. The monoisotopic (exact) mass is 458 g/mol. The summed E-state index contributed by atoms with van der Waals surface area (Å²) < 4.78 is 11.4. The van der Waals surface area contributed by atoms with Crippen molar-refractivity contribution in [1.82, 2.24) is 5.32 Å². The number of nitrogens with one attached hydrogen (secondary N) is 1. The number of rotatable bonds is 8. The van der Waals surface area contributed by atoms with Crippen molar-refractivity contribution >= 4 is 29.6 Å². The number of terminal acetylenes is 1. The van der Waals surface area contributed by atoms with E-state index in [0.717, 1.165) is 21.6 Å². The molecule has 0 saturated carbocycles. The molecule has 0 aromatic heterocycles. The maximum absolute atomic E-state index is 13.3. The lowest BCUT2D eigenvalue weighted by molar-refractivity contribution is -0.122. The lowest BCUT2D eigenvalue weighted by atomic mass is 10.0. The van der Waals surface area contributed by atoms with Crippen LogP contribution >= 0.6 is 0 Å². The van der Waals surface area contributed by atoms with Gasteiger partial charge in [-0.1, -0.05) is 18.1 Å². The lowest BCUT2D eigenvalue weighted by Gasteiger charge is -2.27. The van der Waals surface area contributed by atoms with Gasteiger partial charge in [-0.3, -0.25) is 14.9 Å². The van der Waals surface area contributed by atoms with Gasteiger partial charge >= 0.3 is 6.03 Å². The maximum Gasteiger partial charge on any atom is 0.335 e. The van der Waals surface area contributed by atoms with E-state index in [1.54, 1.807) is 30.3 Å². The molecule has 1 saturated heterocycles. The number of ether oxygens (including phenoxy) is 2. The fourth-order valence-corrected chi connectivity index (χ4v) is 3.75. The summed E-state index contributed by atoms with van der Waals surface area (Å²) in [6, 6.07) is 7.99. The van der Waals surface area contributed by atoms with Crippen molar-refractivity contribution in [2.45, 2.75) is 27.2 Å². The molecule has 1 N–H and O–H groups in total. The molecule has 7 heteroatoms. The zero-order valence-corrected chi connectivity index (χ0v) is 19.4. The summed E-state index contributed by atoms with van der Waals surface area (Å²) in [6.07, 6.45) is 8.92. The first-order valence-electron chi connectivity index (χ1n) is 10.8. The molecule has 3 rings (SSSR count). The summed E-state index contributed by atoms with van der Waals surface area (Å²) in [7, 11) is 0. The van der Waals surface area contributed by atoms with Gasteiger partial charge in [0.05, 0.1) is 12.3 Å². The van der Waals surface area contributed by atoms with Crippen LogP contribution in [0.5, 0.6) is 11.5 Å². The van der Waals surface area contributed by atoms with Crippen molar-refractivity contribution in [1.29, 1.82) is 0 Å². The number of urea groups is 1. The number of carbonyl (C=O) groups excluding carboxylic acids is 3. The second-order valence-corrected chi connectivity index (χ2v) is 7.73. The molecule has 2 aromatic carbocycles. The van der Waals surface area contributed by atoms with E-state index in [9.17, 15) is 14.4 Å². The van der Waals surface area contributed by atoms with Crippen LogP contribution in [0.25, 0.3) is 6.08 Å². The molecule has 0 aliphatic carbocycles. The molecule has 0 bridgehead atoms. The van der Waals surface area contributed by atoms with Gasteiger partial charge in [0.25, 0.3) is 11.8 Å². The van der Waals surface area contributed by atoms with Crippen LogP contribution in [0.3, 0.4) is 0 Å². The van der Waals surface area contributed by atoms with E-state index in [0.29, 0.717) is 35.8 Å². The molecule has 34 heavy (non-hydrogen) atoms. The number of nitrogens with zero attached hydrogens (tertiary/aromatic N) is 1. The topological polar surface area (TPSA) is 84.9 Å². The van der Waals surface area contributed by atoms with E-state index < -0.39 is 17.8 Å². The van der Waals surface area contributed by atoms with Crippen LogP contribution in [0.4, 0.5) is 10.5 Å². The molecule has 2 aromatic rings. The fourth-order valence-electron chi connectivity index (χ4n) is 3.75. The molecule has 4 amide bonds. The van der Waals surface area contributed by atoms with Crippen LogP contribution in [0.1, 0.15) is 29.2 Å². The molecule has 174 valence electrons. The van der Waals surface area contributed by atoms with Crippen molar-refractivity contribution < 1.29 is 23.9 Å². The third-order valence-electron chi connectivity index (χ3n) is 5.00. The molecular formula is C27H26N2O5. The third-order valence-corrected chi connectivity index (χ3v) is 5.00. The predicted molar refractivity (Wildman–Crippen MR) is 131 cm³/mol. The Morgan fingerprint density at radius 3 is 2.41 bits per heavy atom. The van der Waals surface area contributed by atoms with Crippen molar-refractivity contribution in [3.05, 3.63) is 70.8 Å². The molecule has 0 atom stereocenters. The molecule has 1 fully saturated rings. The third kappa shape index (κ3) is 5.18. The van der Waals surface area contributed by atoms with E-state index >= 15 is 0 Å². The average molecular weight is 459 g/mol. The molecule has 7 nitrogen and oxygen atoms in total. The number of amides is 4. The van der Waals surface area contributed by atoms with Crippen molar-refractivity contribution in [3.63, 3.8) is 0 Å². The van der Waals surface area contributed by atoms with Crippen LogP contribution in [0, 0.1) is 26.2 Å². The van der Waals surface area contributed by atoms with E-state index in [1.165, 1.54) is 6.08 Å². The first kappa shape index (κ1) is 24.3. The Morgan fingerprint density at radius 2 is 1.79 bits per heavy atom. The zero-order valence-electron chi connectivity index (χ0n) is 19.4. The number of hydrogen-bond acceptors (Lipinski definition) is 5. The number of barbiturate groups is 1. The van der Waals surface area contributed by atoms with Crippen molar-refractivity contribution in [3.8, 4) is 23.8 Å². The number of hydrogen-bond donors (Lipinski definition) is 1. The normalized spacial score (nSPS) is 14.6. The number of carbonyl (C=O) groups is 3. The predicted octanol–water partition coefficient (Wildman–Crippen LogP) is 4.11. The van der Waals surface area contributed by atoms with Crippen molar-refractivity contribution in [2.24, 2.45) is 0 Å². The lowest BCUT2D eigenvalue weighted by Crippen LogP contribution is -2.54. The number of imide groups is 2. The summed E-state index contributed by atoms with van der Waals surface area (Å²) in [5, 5.41) is 2.25. The molecule has 0 unspecified atom stereocenters. The Hall–Kier alpha value is -4.31. The minimum absolute atomic E-state index is 0.0541. The molecule has 0 spiro atoms. The van der Waals surface area contributed by atoms with E-state index in [2.05, 4.69) is 17.8 Å². The van der Waals surface area contributed by atoms with Crippen LogP contribution in [-0.4, -0.2) is 31.1 Å². The molecule has 1 aliphatic heterocycles. The number of anilines is 1. The van der Waals surface area contributed by atoms with Gasteiger partial charge in [0.1, 0.15) is 12.2 Å². The van der Waals surface area contributed by atoms with Crippen LogP contribution in [-0.2, 0) is 16.0 Å². The van der Waals surface area contributed by atoms with Crippen LogP contribution in [0.15, 0.2) is 48.6 Å². The largest absolute Gasteiger partial charge is 0.490 e. The fraction of sp³-hybridized carbons (Fsp3) is 0.222. The van der Waals surface area contributed by atoms with Crippen LogP contribution < -0.4 is 19.7 Å². The van der Waals surface area contributed by atoms with Gasteiger partial charge in [0.15, 0.2) is 11.5 Å². The molecule has 1 aliphatic rings. The Kier molecular flexibility index (Phi) is 7.54. The summed E-state index contributed by atoms with van der Waals surface area (Å²) in [5.74, 6) is 1.85. The van der Waals surface area contributed by atoms with Gasteiger partial charge in [0.2, 0.25) is 0 Å². The molecule has 1 heterocycles. The van der Waals surface area contributed by atoms with Gasteiger partial charge in [-0.15, -0.1) is 13.0 Å². The summed E-state index contributed by atoms with van der Waals surface area (Å²) >= 11 is 0. The number of allylic oxidation sites excluding steroid dienone is 1. The minimum atomic E-state index is -0.794. The first-order chi connectivity index (χ1) is 16.3. The van der Waals surface area contributed by atoms with Crippen LogP contribution in [0.2, 0.25) is 0 Å². The molecule has 0 radical (unpaired) electrons. The summed E-state index contributed by atoms with van der Waals surface area (Å²) in [6.45, 7) is 9.76. The Balaban J connectivity index is 2.10. The van der Waals surface area contributed by atoms with Crippen molar-refractivity contribution in [2.75, 3.05) is 18.1 Å². The Bertz CT molecular complexity index is 1220. The van der Waals surface area contributed by atoms with E-state index in [1.807, 2.05) is 26.8 Å². The summed E-state index contributed by atoms with van der Waals surface area (Å²) in [5.41, 5.74) is 3.24. The highest BCUT2D eigenvalue weighted by Gasteiger charge is 2.37. The summed E-state index contributed by atoms with van der Waals surface area (Å²) in [4.78, 5) is 39.4. The van der Waals surface area contributed by atoms with Gasteiger partial charge in [-0.25, -0.2) is 9.69 Å². The quantitative estimate of drug-likeness (QED) is 0.279. The number of aryl methyl sites for hydroxylation is 2. The average Bonchev–Trinajstić information content (AvgIpc) is 2.76. The smallest absolute Gasteiger partial charge is 0.335 e. The SMILES string of the molecule is C#CCOc1c(CC=C)cc(/C=C2\C(=O)NC(=O)N(c3cc(C)cc(C)c3)C2=O)cc1OCC. The molecular weight excluding hydrogens is 432 g/mol. The van der Waals surface area contributed by atoms with E-state index in [4.69, 9.17) is 15.9 Å². The van der Waals surface area contributed by atoms with Gasteiger partial charge in [-0.2, -0.15) is 0 Å². The van der Waals surface area contributed by atoms with Gasteiger partial charge in [-0.05, 0) is 74.2 Å². The second-order valence-electron chi connectivity index (χ2n) is 7.73. The van der Waals surface area contributed by atoms with Gasteiger partial charge < -0.3 is 9.47 Å². The zero-order chi connectivity index (χ0) is 24.8. The Labute approximate surface area is 199 Å². The number of benzene rings is 2. The highest BCUT2D eigenvalue weighted by atomic mass is 16.5. The highest BCUT2D eigenvalue weighted by molar-refractivity contribution is 6.39. The first-order valence-corrected chi connectivity index (χ1v) is 10.8. The van der Waals surface area contributed by atoms with E-state index in [-0.39, 0.29) is 12.2 Å². The second kappa shape index (κ2) is 10.5. The Morgan fingerprint density at radius 1 is 1.09 bits per heavy atom. The standard InChI is InChI=1S/C27H26N2O5/c1-6-9-20-14-19(16-23(33-8-3)24(20)34-10-7-2)15-22-25(30)28-27(32)29(26(22)31)21-12-17(4)11-18(5)13-21/h2,6,11-16H,1,8-10H2,3-5H3,(H,28,30,32)/b22-15+.